The van der Waals surface area contributed by atoms with E-state index in [-0.39, 0.29) is 29.5 Å². The second kappa shape index (κ2) is 5.81. The van der Waals surface area contributed by atoms with E-state index in [0.29, 0.717) is 16.5 Å². The number of hydrogen-bond acceptors (Lipinski definition) is 6. The third-order valence-corrected chi connectivity index (χ3v) is 6.19. The second-order valence-corrected chi connectivity index (χ2v) is 7.87. The predicted molar refractivity (Wildman–Crippen MR) is 94.7 cm³/mol. The average Bonchev–Trinajstić information content (AvgIpc) is 3.36. The van der Waals surface area contributed by atoms with Crippen LogP contribution in [0.25, 0.3) is 0 Å². The normalized spacial score (nSPS) is 28.2. The summed E-state index contributed by atoms with van der Waals surface area (Å²) in [6, 6.07) is 3.06. The van der Waals surface area contributed by atoms with Gasteiger partial charge in [0, 0.05) is 11.6 Å². The molecule has 1 amide bonds. The van der Waals surface area contributed by atoms with Crippen molar-refractivity contribution >= 4 is 28.2 Å². The molecule has 3 unspecified atom stereocenters. The number of anilines is 1. The van der Waals surface area contributed by atoms with E-state index in [1.54, 1.807) is 11.1 Å². The van der Waals surface area contributed by atoms with E-state index < -0.39 is 6.04 Å². The van der Waals surface area contributed by atoms with Crippen LogP contribution in [0.3, 0.4) is 0 Å². The van der Waals surface area contributed by atoms with Gasteiger partial charge in [-0.15, -0.1) is 11.3 Å². The lowest BCUT2D eigenvalue weighted by molar-refractivity contribution is -0.131. The third kappa shape index (κ3) is 2.19. The van der Waals surface area contributed by atoms with Gasteiger partial charge >= 0.3 is 0 Å². The van der Waals surface area contributed by atoms with E-state index >= 15 is 0 Å². The summed E-state index contributed by atoms with van der Waals surface area (Å²) in [5.74, 6) is 1.06. The third-order valence-electron chi connectivity index (χ3n) is 5.42. The summed E-state index contributed by atoms with van der Waals surface area (Å²) in [4.78, 5) is 32.3. The molecular formula is C19H18N2O4S. The highest BCUT2D eigenvalue weighted by Gasteiger charge is 2.53. The van der Waals surface area contributed by atoms with E-state index in [9.17, 15) is 9.59 Å². The number of nitrogens with zero attached hydrogens (tertiary/aromatic N) is 2. The van der Waals surface area contributed by atoms with E-state index in [0.717, 1.165) is 31.4 Å². The van der Waals surface area contributed by atoms with Crippen LogP contribution in [0, 0.1) is 12.8 Å². The van der Waals surface area contributed by atoms with Crippen LogP contribution in [0.1, 0.15) is 43.2 Å². The smallest absolute Gasteiger partial charge is 0.296 e. The molecule has 4 heterocycles. The molecule has 2 aromatic heterocycles. The largest absolute Gasteiger partial charge is 0.483 e. The van der Waals surface area contributed by atoms with Crippen molar-refractivity contribution in [2.45, 2.75) is 44.8 Å². The number of fused-ring (bicyclic) bond motifs is 1. The zero-order chi connectivity index (χ0) is 17.8. The van der Waals surface area contributed by atoms with Crippen molar-refractivity contribution in [1.82, 2.24) is 4.98 Å². The Morgan fingerprint density at radius 3 is 2.81 bits per heavy atom. The van der Waals surface area contributed by atoms with Crippen LogP contribution in [-0.4, -0.2) is 22.8 Å². The van der Waals surface area contributed by atoms with Gasteiger partial charge in [0.05, 0.1) is 11.5 Å². The lowest BCUT2D eigenvalue weighted by Gasteiger charge is -2.35. The Hall–Kier alpha value is -2.41. The zero-order valence-electron chi connectivity index (χ0n) is 14.3. The maximum Gasteiger partial charge on any atom is 0.296 e. The van der Waals surface area contributed by atoms with Gasteiger partial charge in [0.15, 0.2) is 16.7 Å². The Kier molecular flexibility index (Phi) is 3.53. The molecule has 134 valence electrons. The Balaban J connectivity index is 1.65. The minimum Gasteiger partial charge on any atom is -0.483 e. The molecule has 0 saturated heterocycles. The lowest BCUT2D eigenvalue weighted by atomic mass is 9.78. The SMILES string of the molecule is Cc1ccc(C2C3=C(OC4CCCCC4C3=O)C(=O)N2c2nccs2)o1. The van der Waals surface area contributed by atoms with Crippen molar-refractivity contribution in [2.24, 2.45) is 5.92 Å². The van der Waals surface area contributed by atoms with Gasteiger partial charge in [-0.2, -0.15) is 0 Å². The average molecular weight is 370 g/mol. The molecule has 3 atom stereocenters. The van der Waals surface area contributed by atoms with Gasteiger partial charge in [-0.1, -0.05) is 6.42 Å². The van der Waals surface area contributed by atoms with Gasteiger partial charge in [0.25, 0.3) is 5.91 Å². The number of thiazole rings is 1. The quantitative estimate of drug-likeness (QED) is 0.808. The number of rotatable bonds is 2. The number of aromatic nitrogens is 1. The molecule has 0 N–H and O–H groups in total. The van der Waals surface area contributed by atoms with Crippen molar-refractivity contribution in [3.63, 3.8) is 0 Å². The molecule has 1 saturated carbocycles. The van der Waals surface area contributed by atoms with Crippen LogP contribution in [0.2, 0.25) is 0 Å². The molecule has 0 bridgehead atoms. The molecule has 5 rings (SSSR count). The van der Waals surface area contributed by atoms with Gasteiger partial charge in [-0.25, -0.2) is 4.98 Å². The molecule has 1 aliphatic carbocycles. The second-order valence-electron chi connectivity index (χ2n) is 7.00. The van der Waals surface area contributed by atoms with Gasteiger partial charge in [-0.3, -0.25) is 14.5 Å². The monoisotopic (exact) mass is 370 g/mol. The Morgan fingerprint density at radius 2 is 2.08 bits per heavy atom. The molecule has 7 heteroatoms. The van der Waals surface area contributed by atoms with Crippen molar-refractivity contribution in [1.29, 1.82) is 0 Å². The minimum atomic E-state index is -0.604. The molecular weight excluding hydrogens is 352 g/mol. The Labute approximate surface area is 154 Å². The number of carbonyl (C=O) groups excluding carboxylic acids is 2. The van der Waals surface area contributed by atoms with Crippen LogP contribution in [0.5, 0.6) is 0 Å². The van der Waals surface area contributed by atoms with E-state index in [4.69, 9.17) is 9.15 Å². The lowest BCUT2D eigenvalue weighted by Crippen LogP contribution is -2.39. The Bertz CT molecular complexity index is 914. The molecule has 2 aromatic rings. The highest BCUT2D eigenvalue weighted by Crippen LogP contribution is 2.48. The molecule has 2 aliphatic heterocycles. The topological polar surface area (TPSA) is 72.6 Å². The maximum absolute atomic E-state index is 13.3. The number of hydrogen-bond donors (Lipinski definition) is 0. The molecule has 26 heavy (non-hydrogen) atoms. The van der Waals surface area contributed by atoms with E-state index in [1.165, 1.54) is 11.3 Å². The first kappa shape index (κ1) is 15.8. The molecule has 0 aromatic carbocycles. The zero-order valence-corrected chi connectivity index (χ0v) is 15.1. The van der Waals surface area contributed by atoms with Gasteiger partial charge in [0.2, 0.25) is 0 Å². The van der Waals surface area contributed by atoms with Crippen LogP contribution >= 0.6 is 11.3 Å². The summed E-state index contributed by atoms with van der Waals surface area (Å²) in [6.07, 6.45) is 5.15. The number of carbonyl (C=O) groups is 2. The number of amides is 1. The fourth-order valence-electron chi connectivity index (χ4n) is 4.25. The van der Waals surface area contributed by atoms with Gasteiger partial charge in [0.1, 0.15) is 23.7 Å². The Morgan fingerprint density at radius 1 is 1.23 bits per heavy atom. The van der Waals surface area contributed by atoms with Crippen molar-refractivity contribution in [3.8, 4) is 0 Å². The highest BCUT2D eigenvalue weighted by molar-refractivity contribution is 7.13. The number of furan rings is 1. The predicted octanol–water partition coefficient (Wildman–Crippen LogP) is 3.54. The van der Waals surface area contributed by atoms with Crippen molar-refractivity contribution in [3.05, 3.63) is 46.6 Å². The van der Waals surface area contributed by atoms with Crippen LogP contribution in [0.15, 0.2) is 39.5 Å². The molecule has 6 nitrogen and oxygen atoms in total. The van der Waals surface area contributed by atoms with Crippen molar-refractivity contribution < 1.29 is 18.7 Å². The fourth-order valence-corrected chi connectivity index (χ4v) is 4.91. The number of ketones is 1. The van der Waals surface area contributed by atoms with Crippen LogP contribution in [0.4, 0.5) is 5.13 Å². The summed E-state index contributed by atoms with van der Waals surface area (Å²) in [6.45, 7) is 1.85. The summed E-state index contributed by atoms with van der Waals surface area (Å²) in [7, 11) is 0. The highest BCUT2D eigenvalue weighted by atomic mass is 32.1. The molecule has 0 spiro atoms. The minimum absolute atomic E-state index is 0.0300. The van der Waals surface area contributed by atoms with E-state index in [2.05, 4.69) is 4.98 Å². The molecule has 3 aliphatic rings. The molecule has 0 radical (unpaired) electrons. The number of aryl methyl sites for hydroxylation is 1. The first-order valence-electron chi connectivity index (χ1n) is 8.89. The number of ether oxygens (including phenoxy) is 1. The standard InChI is InChI=1S/C19H18N2O4S/c1-10-6-7-13(24-10)15-14-16(22)11-4-2-3-5-12(11)25-17(14)18(23)21(15)19-20-8-9-26-19/h6-9,11-12,15H,2-5H2,1H3. The van der Waals surface area contributed by atoms with Gasteiger partial charge < -0.3 is 9.15 Å². The maximum atomic E-state index is 13.3. The van der Waals surface area contributed by atoms with E-state index in [1.807, 2.05) is 24.4 Å². The van der Waals surface area contributed by atoms with Gasteiger partial charge in [-0.05, 0) is 38.3 Å². The van der Waals surface area contributed by atoms with Crippen LogP contribution in [-0.2, 0) is 14.3 Å². The summed E-state index contributed by atoms with van der Waals surface area (Å²) in [5, 5.41) is 2.36. The molecule has 1 fully saturated rings. The van der Waals surface area contributed by atoms with Crippen LogP contribution < -0.4 is 4.90 Å². The number of Topliss-reactive ketones (excluding diaryl/α,β-unsaturated/α-hetero) is 1. The van der Waals surface area contributed by atoms with Crippen molar-refractivity contribution in [2.75, 3.05) is 4.90 Å². The first-order chi connectivity index (χ1) is 12.6. The fraction of sp³-hybridized carbons (Fsp3) is 0.421. The first-order valence-corrected chi connectivity index (χ1v) is 9.77. The summed E-state index contributed by atoms with van der Waals surface area (Å²) >= 11 is 1.36. The summed E-state index contributed by atoms with van der Waals surface area (Å²) < 4.78 is 11.9. The summed E-state index contributed by atoms with van der Waals surface area (Å²) in [5.41, 5.74) is 0.433.